The van der Waals surface area contributed by atoms with Crippen LogP contribution in [0.15, 0.2) is 36.5 Å². The molecule has 0 radical (unpaired) electrons. The molecular weight excluding hydrogens is 216 g/mol. The van der Waals surface area contributed by atoms with Crippen LogP contribution in [0, 0.1) is 0 Å². The van der Waals surface area contributed by atoms with Crippen molar-refractivity contribution in [2.24, 2.45) is 7.05 Å². The summed E-state index contributed by atoms with van der Waals surface area (Å²) < 4.78 is 1.59. The zero-order chi connectivity index (χ0) is 12.3. The number of nitrogen functional groups attached to an aromatic ring is 1. The number of nitrogens with one attached hydrogen (secondary N) is 1. The molecule has 0 aliphatic heterocycles. The predicted octanol–water partition coefficient (Wildman–Crippen LogP) is 0.932. The quantitative estimate of drug-likeness (QED) is 0.770. The van der Waals surface area contributed by atoms with E-state index in [9.17, 15) is 4.79 Å². The van der Waals surface area contributed by atoms with Gasteiger partial charge in [0.1, 0.15) is 5.69 Å². The third-order valence-electron chi connectivity index (χ3n) is 2.44. The van der Waals surface area contributed by atoms with Crippen LogP contribution in [-0.4, -0.2) is 15.7 Å². The molecular formula is C12H14N4O. The third-order valence-corrected chi connectivity index (χ3v) is 2.44. The van der Waals surface area contributed by atoms with Gasteiger partial charge in [0.15, 0.2) is 0 Å². The Kier molecular flexibility index (Phi) is 3.09. The van der Waals surface area contributed by atoms with Gasteiger partial charge >= 0.3 is 0 Å². The summed E-state index contributed by atoms with van der Waals surface area (Å²) in [6.45, 7) is 0.405. The summed E-state index contributed by atoms with van der Waals surface area (Å²) in [5, 5.41) is 6.79. The van der Waals surface area contributed by atoms with Crippen molar-refractivity contribution in [1.82, 2.24) is 15.1 Å². The number of carbonyl (C=O) groups is 1. The summed E-state index contributed by atoms with van der Waals surface area (Å²) in [4.78, 5) is 11.7. The van der Waals surface area contributed by atoms with Gasteiger partial charge in [-0.25, -0.2) is 0 Å². The molecule has 0 aliphatic rings. The maximum Gasteiger partial charge on any atom is 0.272 e. The van der Waals surface area contributed by atoms with E-state index in [1.54, 1.807) is 24.0 Å². The van der Waals surface area contributed by atoms with Crippen molar-refractivity contribution in [2.45, 2.75) is 6.54 Å². The number of nitrogens with zero attached hydrogens (tertiary/aromatic N) is 2. The Morgan fingerprint density at radius 3 is 2.82 bits per heavy atom. The Morgan fingerprint density at radius 2 is 2.18 bits per heavy atom. The lowest BCUT2D eigenvalue weighted by Gasteiger charge is -2.06. The molecule has 0 fully saturated rings. The van der Waals surface area contributed by atoms with Crippen LogP contribution < -0.4 is 11.1 Å². The fourth-order valence-electron chi connectivity index (χ4n) is 1.50. The second-order valence-electron chi connectivity index (χ2n) is 3.76. The van der Waals surface area contributed by atoms with Gasteiger partial charge in [-0.3, -0.25) is 9.48 Å². The number of para-hydroxylation sites is 1. The van der Waals surface area contributed by atoms with Crippen molar-refractivity contribution in [3.8, 4) is 0 Å². The monoisotopic (exact) mass is 230 g/mol. The number of amides is 1. The summed E-state index contributed by atoms with van der Waals surface area (Å²) in [6, 6.07) is 9.11. The van der Waals surface area contributed by atoms with Gasteiger partial charge < -0.3 is 11.1 Å². The van der Waals surface area contributed by atoms with E-state index < -0.39 is 0 Å². The Morgan fingerprint density at radius 1 is 1.41 bits per heavy atom. The zero-order valence-corrected chi connectivity index (χ0v) is 9.55. The first-order valence-electron chi connectivity index (χ1n) is 5.28. The zero-order valence-electron chi connectivity index (χ0n) is 9.55. The molecule has 0 spiro atoms. The van der Waals surface area contributed by atoms with E-state index in [4.69, 9.17) is 5.73 Å². The number of aryl methyl sites for hydroxylation is 1. The number of benzene rings is 1. The third kappa shape index (κ3) is 2.63. The fraction of sp³-hybridized carbons (Fsp3) is 0.167. The number of hydrogen-bond donors (Lipinski definition) is 2. The van der Waals surface area contributed by atoms with Crippen molar-refractivity contribution in [2.75, 3.05) is 5.73 Å². The lowest BCUT2D eigenvalue weighted by molar-refractivity contribution is 0.0945. The van der Waals surface area contributed by atoms with Crippen LogP contribution in [0.4, 0.5) is 5.69 Å². The van der Waals surface area contributed by atoms with E-state index in [0.717, 1.165) is 5.56 Å². The Bertz CT molecular complexity index is 533. The van der Waals surface area contributed by atoms with Gasteiger partial charge in [0.05, 0.1) is 0 Å². The molecule has 0 bridgehead atoms. The molecule has 1 heterocycles. The SMILES string of the molecule is Cn1ccc(C(=O)NCc2ccccc2N)n1. The van der Waals surface area contributed by atoms with Crippen LogP contribution in [-0.2, 0) is 13.6 Å². The fourth-order valence-corrected chi connectivity index (χ4v) is 1.50. The van der Waals surface area contributed by atoms with E-state index in [2.05, 4.69) is 10.4 Å². The molecule has 2 rings (SSSR count). The van der Waals surface area contributed by atoms with Gasteiger partial charge in [-0.2, -0.15) is 5.10 Å². The summed E-state index contributed by atoms with van der Waals surface area (Å²) in [5.41, 5.74) is 7.76. The highest BCUT2D eigenvalue weighted by molar-refractivity contribution is 5.92. The standard InChI is InChI=1S/C12H14N4O/c1-16-7-6-11(15-16)12(17)14-8-9-4-2-3-5-10(9)13/h2-7H,8,13H2,1H3,(H,14,17). The minimum absolute atomic E-state index is 0.200. The highest BCUT2D eigenvalue weighted by Gasteiger charge is 2.08. The Hall–Kier alpha value is -2.30. The largest absolute Gasteiger partial charge is 0.398 e. The van der Waals surface area contributed by atoms with Crippen molar-refractivity contribution >= 4 is 11.6 Å². The molecule has 1 aromatic heterocycles. The highest BCUT2D eigenvalue weighted by atomic mass is 16.1. The van der Waals surface area contributed by atoms with Gasteiger partial charge in [0, 0.05) is 25.5 Å². The van der Waals surface area contributed by atoms with E-state index in [-0.39, 0.29) is 5.91 Å². The molecule has 0 unspecified atom stereocenters. The number of carbonyl (C=O) groups excluding carboxylic acids is 1. The molecule has 5 heteroatoms. The van der Waals surface area contributed by atoms with Crippen molar-refractivity contribution in [3.05, 3.63) is 47.8 Å². The van der Waals surface area contributed by atoms with Gasteiger partial charge in [0.2, 0.25) is 0 Å². The van der Waals surface area contributed by atoms with E-state index in [1.807, 2.05) is 24.3 Å². The average molecular weight is 230 g/mol. The molecule has 0 atom stereocenters. The minimum atomic E-state index is -0.200. The van der Waals surface area contributed by atoms with Crippen LogP contribution in [0.25, 0.3) is 0 Å². The first-order chi connectivity index (χ1) is 8.16. The molecule has 17 heavy (non-hydrogen) atoms. The first-order valence-corrected chi connectivity index (χ1v) is 5.28. The molecule has 0 saturated carbocycles. The Labute approximate surface area is 99.2 Å². The summed E-state index contributed by atoms with van der Waals surface area (Å²) >= 11 is 0. The van der Waals surface area contributed by atoms with E-state index in [0.29, 0.717) is 17.9 Å². The summed E-state index contributed by atoms with van der Waals surface area (Å²) in [5.74, 6) is -0.200. The van der Waals surface area contributed by atoms with Gasteiger partial charge in [-0.15, -0.1) is 0 Å². The van der Waals surface area contributed by atoms with Gasteiger partial charge in [-0.1, -0.05) is 18.2 Å². The number of nitrogens with two attached hydrogens (primary N) is 1. The summed E-state index contributed by atoms with van der Waals surface area (Å²) in [7, 11) is 1.77. The topological polar surface area (TPSA) is 72.9 Å². The molecule has 1 amide bonds. The summed E-state index contributed by atoms with van der Waals surface area (Å²) in [6.07, 6.45) is 1.73. The van der Waals surface area contributed by atoms with Crippen LogP contribution in [0.1, 0.15) is 16.1 Å². The first kappa shape index (κ1) is 11.2. The molecule has 0 aliphatic carbocycles. The van der Waals surface area contributed by atoms with Crippen molar-refractivity contribution in [1.29, 1.82) is 0 Å². The normalized spacial score (nSPS) is 10.2. The molecule has 3 N–H and O–H groups in total. The lowest BCUT2D eigenvalue weighted by atomic mass is 10.2. The smallest absolute Gasteiger partial charge is 0.272 e. The molecule has 2 aromatic rings. The Balaban J connectivity index is 1.99. The average Bonchev–Trinajstić information content (AvgIpc) is 2.74. The lowest BCUT2D eigenvalue weighted by Crippen LogP contribution is -2.23. The molecule has 1 aromatic carbocycles. The molecule has 0 saturated heterocycles. The van der Waals surface area contributed by atoms with Crippen LogP contribution in [0.2, 0.25) is 0 Å². The van der Waals surface area contributed by atoms with Crippen LogP contribution in [0.3, 0.4) is 0 Å². The van der Waals surface area contributed by atoms with Crippen molar-refractivity contribution < 1.29 is 4.79 Å². The van der Waals surface area contributed by atoms with E-state index >= 15 is 0 Å². The van der Waals surface area contributed by atoms with E-state index in [1.165, 1.54) is 0 Å². The number of hydrogen-bond acceptors (Lipinski definition) is 3. The van der Waals surface area contributed by atoms with Crippen molar-refractivity contribution in [3.63, 3.8) is 0 Å². The molecule has 5 nitrogen and oxygen atoms in total. The van der Waals surface area contributed by atoms with Gasteiger partial charge in [-0.05, 0) is 17.7 Å². The van der Waals surface area contributed by atoms with Gasteiger partial charge in [0.25, 0.3) is 5.91 Å². The molecule has 88 valence electrons. The predicted molar refractivity (Wildman–Crippen MR) is 65.2 cm³/mol. The minimum Gasteiger partial charge on any atom is -0.398 e. The second-order valence-corrected chi connectivity index (χ2v) is 3.76. The maximum atomic E-state index is 11.7. The second kappa shape index (κ2) is 4.69. The maximum absolute atomic E-state index is 11.7. The number of aromatic nitrogens is 2. The van der Waals surface area contributed by atoms with Crippen LogP contribution >= 0.6 is 0 Å². The van der Waals surface area contributed by atoms with Crippen LogP contribution in [0.5, 0.6) is 0 Å². The highest BCUT2D eigenvalue weighted by Crippen LogP contribution is 2.09. The number of rotatable bonds is 3. The number of anilines is 1.